The number of hydrogen-bond acceptors (Lipinski definition) is 3. The maximum atomic E-state index is 12.5. The lowest BCUT2D eigenvalue weighted by Crippen LogP contribution is -2.09. The van der Waals surface area contributed by atoms with Gasteiger partial charge in [0.2, 0.25) is 5.78 Å². The Labute approximate surface area is 116 Å². The van der Waals surface area contributed by atoms with Crippen molar-refractivity contribution in [3.8, 4) is 5.75 Å². The lowest BCUT2D eigenvalue weighted by atomic mass is 10.1. The van der Waals surface area contributed by atoms with E-state index in [1.807, 2.05) is 6.92 Å². The summed E-state index contributed by atoms with van der Waals surface area (Å²) in [4.78, 5) is 12.5. The van der Waals surface area contributed by atoms with Crippen molar-refractivity contribution < 1.29 is 9.53 Å². The van der Waals surface area contributed by atoms with Crippen LogP contribution >= 0.6 is 11.6 Å². The second-order valence-electron chi connectivity index (χ2n) is 4.17. The molecule has 1 aromatic heterocycles. The molecule has 0 N–H and O–H groups in total. The molecular formula is C14H15ClN2O2. The van der Waals surface area contributed by atoms with Gasteiger partial charge in [-0.25, -0.2) is 0 Å². The first-order valence-electron chi connectivity index (χ1n) is 5.98. The quantitative estimate of drug-likeness (QED) is 0.808. The molecule has 0 aliphatic carbocycles. The number of ketones is 1. The zero-order valence-corrected chi connectivity index (χ0v) is 11.9. The van der Waals surface area contributed by atoms with Crippen LogP contribution in [0.5, 0.6) is 5.75 Å². The van der Waals surface area contributed by atoms with Crippen molar-refractivity contribution >= 4 is 17.4 Å². The van der Waals surface area contributed by atoms with E-state index in [1.54, 1.807) is 36.0 Å². The van der Waals surface area contributed by atoms with E-state index in [9.17, 15) is 4.79 Å². The molecule has 1 aromatic carbocycles. The van der Waals surface area contributed by atoms with Crippen LogP contribution in [-0.2, 0) is 13.5 Å². The number of aryl methyl sites for hydroxylation is 2. The first-order valence-corrected chi connectivity index (χ1v) is 6.35. The van der Waals surface area contributed by atoms with Crippen LogP contribution in [0.2, 0.25) is 5.02 Å². The molecule has 0 amide bonds. The second-order valence-corrected chi connectivity index (χ2v) is 4.61. The maximum absolute atomic E-state index is 12.5. The minimum Gasteiger partial charge on any atom is -0.496 e. The number of carbonyl (C=O) groups excluding carboxylic acids is 1. The molecule has 0 saturated carbocycles. The van der Waals surface area contributed by atoms with Gasteiger partial charge in [-0.2, -0.15) is 5.10 Å². The van der Waals surface area contributed by atoms with Crippen LogP contribution in [0.25, 0.3) is 0 Å². The van der Waals surface area contributed by atoms with Crippen LogP contribution in [0.3, 0.4) is 0 Å². The van der Waals surface area contributed by atoms with Gasteiger partial charge in [-0.05, 0) is 30.7 Å². The lowest BCUT2D eigenvalue weighted by molar-refractivity contribution is 0.102. The Balaban J connectivity index is 2.48. The summed E-state index contributed by atoms with van der Waals surface area (Å²) < 4.78 is 6.79. The van der Waals surface area contributed by atoms with Crippen molar-refractivity contribution in [2.24, 2.45) is 7.05 Å². The van der Waals surface area contributed by atoms with Gasteiger partial charge in [-0.15, -0.1) is 0 Å². The fourth-order valence-electron chi connectivity index (χ4n) is 1.91. The molecule has 5 heteroatoms. The van der Waals surface area contributed by atoms with Crippen LogP contribution in [0, 0.1) is 0 Å². The fraction of sp³-hybridized carbons (Fsp3) is 0.286. The second kappa shape index (κ2) is 5.45. The van der Waals surface area contributed by atoms with Crippen LogP contribution < -0.4 is 4.74 Å². The lowest BCUT2D eigenvalue weighted by Gasteiger charge is -2.08. The minimum absolute atomic E-state index is 0.144. The van der Waals surface area contributed by atoms with Crippen molar-refractivity contribution in [3.63, 3.8) is 0 Å². The predicted octanol–water partition coefficient (Wildman–Crippen LogP) is 2.88. The van der Waals surface area contributed by atoms with Gasteiger partial charge in [0.05, 0.1) is 18.4 Å². The number of methoxy groups -OCH3 is 1. The number of ether oxygens (including phenoxy) is 1. The smallest absolute Gasteiger partial charge is 0.214 e. The van der Waals surface area contributed by atoms with Gasteiger partial charge in [0.1, 0.15) is 11.4 Å². The molecule has 0 unspecified atom stereocenters. The van der Waals surface area contributed by atoms with Gasteiger partial charge in [0.25, 0.3) is 0 Å². The number of benzene rings is 1. The SMILES string of the molecule is CCc1cc(C(=O)c2cc(Cl)ccc2OC)n(C)n1. The molecule has 0 aliphatic heterocycles. The normalized spacial score (nSPS) is 10.5. The molecule has 2 aromatic rings. The molecule has 19 heavy (non-hydrogen) atoms. The monoisotopic (exact) mass is 278 g/mol. The fourth-order valence-corrected chi connectivity index (χ4v) is 2.08. The highest BCUT2D eigenvalue weighted by Gasteiger charge is 2.19. The van der Waals surface area contributed by atoms with E-state index in [0.29, 0.717) is 22.0 Å². The van der Waals surface area contributed by atoms with Crippen molar-refractivity contribution in [3.05, 3.63) is 46.2 Å². The summed E-state index contributed by atoms with van der Waals surface area (Å²) in [7, 11) is 3.28. The van der Waals surface area contributed by atoms with Crippen molar-refractivity contribution in [2.45, 2.75) is 13.3 Å². The van der Waals surface area contributed by atoms with E-state index >= 15 is 0 Å². The Morgan fingerprint density at radius 2 is 2.16 bits per heavy atom. The van der Waals surface area contributed by atoms with E-state index in [-0.39, 0.29) is 5.78 Å². The summed E-state index contributed by atoms with van der Waals surface area (Å²) in [5.74, 6) is 0.364. The molecule has 0 radical (unpaired) electrons. The molecule has 2 rings (SSSR count). The third kappa shape index (κ3) is 2.63. The van der Waals surface area contributed by atoms with Crippen molar-refractivity contribution in [2.75, 3.05) is 7.11 Å². The largest absolute Gasteiger partial charge is 0.496 e. The molecule has 1 heterocycles. The molecule has 0 fully saturated rings. The molecule has 4 nitrogen and oxygen atoms in total. The molecule has 100 valence electrons. The average Bonchev–Trinajstić information content (AvgIpc) is 2.79. The zero-order valence-electron chi connectivity index (χ0n) is 11.1. The topological polar surface area (TPSA) is 44.1 Å². The molecule has 0 atom stereocenters. The van der Waals surface area contributed by atoms with E-state index in [1.165, 1.54) is 7.11 Å². The molecule has 0 aliphatic rings. The van der Waals surface area contributed by atoms with Gasteiger partial charge in [0, 0.05) is 12.1 Å². The Hall–Kier alpha value is -1.81. The Morgan fingerprint density at radius 3 is 2.74 bits per heavy atom. The summed E-state index contributed by atoms with van der Waals surface area (Å²) in [5.41, 5.74) is 1.85. The summed E-state index contributed by atoms with van der Waals surface area (Å²) in [6.07, 6.45) is 0.786. The summed E-state index contributed by atoms with van der Waals surface area (Å²) >= 11 is 5.95. The Bertz CT molecular complexity index is 620. The third-order valence-corrected chi connectivity index (χ3v) is 3.17. The number of hydrogen-bond donors (Lipinski definition) is 0. The highest BCUT2D eigenvalue weighted by Crippen LogP contribution is 2.25. The van der Waals surface area contributed by atoms with Crippen LogP contribution in [-0.4, -0.2) is 22.7 Å². The van der Waals surface area contributed by atoms with Crippen LogP contribution in [0.15, 0.2) is 24.3 Å². The minimum atomic E-state index is -0.144. The first kappa shape index (κ1) is 13.6. The zero-order chi connectivity index (χ0) is 14.0. The van der Waals surface area contributed by atoms with E-state index < -0.39 is 0 Å². The highest BCUT2D eigenvalue weighted by atomic mass is 35.5. The van der Waals surface area contributed by atoms with Crippen molar-refractivity contribution in [1.82, 2.24) is 9.78 Å². The Morgan fingerprint density at radius 1 is 1.42 bits per heavy atom. The standard InChI is InChI=1S/C14H15ClN2O2/c1-4-10-8-12(17(2)16-10)14(18)11-7-9(15)5-6-13(11)19-3/h5-8H,4H2,1-3H3. The number of aromatic nitrogens is 2. The van der Waals surface area contributed by atoms with Gasteiger partial charge in [-0.3, -0.25) is 9.48 Å². The highest BCUT2D eigenvalue weighted by molar-refractivity contribution is 6.31. The molecule has 0 spiro atoms. The summed E-state index contributed by atoms with van der Waals surface area (Å²) in [5, 5.41) is 4.78. The van der Waals surface area contributed by atoms with Gasteiger partial charge in [0.15, 0.2) is 0 Å². The molecule has 0 bridgehead atoms. The number of carbonyl (C=O) groups is 1. The maximum Gasteiger partial charge on any atom is 0.214 e. The predicted molar refractivity (Wildman–Crippen MR) is 74.0 cm³/mol. The van der Waals surface area contributed by atoms with Gasteiger partial charge >= 0.3 is 0 Å². The average molecular weight is 279 g/mol. The molecular weight excluding hydrogens is 264 g/mol. The van der Waals surface area contributed by atoms with E-state index in [4.69, 9.17) is 16.3 Å². The third-order valence-electron chi connectivity index (χ3n) is 2.93. The van der Waals surface area contributed by atoms with Crippen LogP contribution in [0.1, 0.15) is 28.7 Å². The molecule has 0 saturated heterocycles. The Kier molecular flexibility index (Phi) is 3.90. The number of halogens is 1. The van der Waals surface area contributed by atoms with Gasteiger partial charge in [-0.1, -0.05) is 18.5 Å². The summed E-state index contributed by atoms with van der Waals surface area (Å²) in [6, 6.07) is 6.79. The van der Waals surface area contributed by atoms with Crippen molar-refractivity contribution in [1.29, 1.82) is 0 Å². The first-order chi connectivity index (χ1) is 9.06. The van der Waals surface area contributed by atoms with Crippen LogP contribution in [0.4, 0.5) is 0 Å². The van der Waals surface area contributed by atoms with E-state index in [2.05, 4.69) is 5.10 Å². The van der Waals surface area contributed by atoms with E-state index in [0.717, 1.165) is 12.1 Å². The summed E-state index contributed by atoms with van der Waals surface area (Å²) in [6.45, 7) is 2.00. The van der Waals surface area contributed by atoms with Gasteiger partial charge < -0.3 is 4.74 Å². The number of rotatable bonds is 4. The number of nitrogens with zero attached hydrogens (tertiary/aromatic N) is 2.